The van der Waals surface area contributed by atoms with Crippen LogP contribution in [0, 0.1) is 19.8 Å². The number of nitrogens with zero attached hydrogens (tertiary/aromatic N) is 1. The van der Waals surface area contributed by atoms with Gasteiger partial charge in [-0.05, 0) is 65.6 Å². The van der Waals surface area contributed by atoms with Crippen molar-refractivity contribution in [2.24, 2.45) is 5.92 Å². The second kappa shape index (κ2) is 11.1. The Morgan fingerprint density at radius 2 is 1.67 bits per heavy atom. The molecular weight excluding hydrogens is 486 g/mol. The van der Waals surface area contributed by atoms with E-state index in [0.29, 0.717) is 18.1 Å². The Morgan fingerprint density at radius 1 is 0.974 bits per heavy atom. The molecule has 3 aromatic rings. The standard InChI is InChI=1S/C34H39NO4/c1-21(2)20-39-27-15-12-24(13-16-27)19-35-30(25-10-8-9-22(3)17-25)29(32(37)33(35)38)31(36)28-18-26(34(5,6)7)14-11-23(28)4/h8-18,21,30,36H,19-20H2,1-7H3/b31-29+. The molecule has 4 rings (SSSR count). The van der Waals surface area contributed by atoms with Crippen LogP contribution >= 0.6 is 0 Å². The Labute approximate surface area is 232 Å². The summed E-state index contributed by atoms with van der Waals surface area (Å²) in [6.45, 7) is 15.2. The number of aliphatic hydroxyl groups is 1. The predicted molar refractivity (Wildman–Crippen MR) is 156 cm³/mol. The highest BCUT2D eigenvalue weighted by Gasteiger charge is 2.46. The normalized spacial score (nSPS) is 17.2. The van der Waals surface area contributed by atoms with E-state index < -0.39 is 17.7 Å². The van der Waals surface area contributed by atoms with Crippen LogP contribution in [0.4, 0.5) is 0 Å². The van der Waals surface area contributed by atoms with Crippen LogP contribution in [0.3, 0.4) is 0 Å². The van der Waals surface area contributed by atoms with Gasteiger partial charge in [0, 0.05) is 12.1 Å². The van der Waals surface area contributed by atoms with Gasteiger partial charge in [-0.25, -0.2) is 0 Å². The van der Waals surface area contributed by atoms with Gasteiger partial charge in [-0.15, -0.1) is 0 Å². The number of likely N-dealkylation sites (tertiary alicyclic amines) is 1. The lowest BCUT2D eigenvalue weighted by Gasteiger charge is -2.26. The molecule has 1 atom stereocenters. The quantitative estimate of drug-likeness (QED) is 0.200. The van der Waals surface area contributed by atoms with Gasteiger partial charge in [0.25, 0.3) is 11.7 Å². The van der Waals surface area contributed by atoms with Gasteiger partial charge in [0.05, 0.1) is 18.2 Å². The van der Waals surface area contributed by atoms with E-state index in [1.54, 1.807) is 4.90 Å². The van der Waals surface area contributed by atoms with Gasteiger partial charge < -0.3 is 14.7 Å². The largest absolute Gasteiger partial charge is 0.507 e. The molecule has 0 bridgehead atoms. The zero-order valence-corrected chi connectivity index (χ0v) is 24.0. The average Bonchev–Trinajstić information content (AvgIpc) is 3.12. The third kappa shape index (κ3) is 6.08. The molecule has 1 aliphatic rings. The first-order valence-electron chi connectivity index (χ1n) is 13.5. The molecule has 204 valence electrons. The minimum atomic E-state index is -0.709. The molecule has 3 aromatic carbocycles. The lowest BCUT2D eigenvalue weighted by Crippen LogP contribution is -2.29. The van der Waals surface area contributed by atoms with Gasteiger partial charge >= 0.3 is 0 Å². The van der Waals surface area contributed by atoms with Gasteiger partial charge in [-0.1, -0.05) is 88.7 Å². The molecule has 1 heterocycles. The van der Waals surface area contributed by atoms with Crippen molar-refractivity contribution in [3.8, 4) is 5.75 Å². The maximum Gasteiger partial charge on any atom is 0.295 e. The summed E-state index contributed by atoms with van der Waals surface area (Å²) in [6, 6.07) is 20.6. The SMILES string of the molecule is Cc1cccc(C2/C(=C(\O)c3cc(C(C)(C)C)ccc3C)C(=O)C(=O)N2Cc2ccc(OCC(C)C)cc2)c1. The first-order valence-corrected chi connectivity index (χ1v) is 13.5. The summed E-state index contributed by atoms with van der Waals surface area (Å²) in [5.41, 5.74) is 5.10. The number of aryl methyl sites for hydroxylation is 2. The van der Waals surface area contributed by atoms with E-state index in [0.717, 1.165) is 33.6 Å². The summed E-state index contributed by atoms with van der Waals surface area (Å²) in [6.07, 6.45) is 0. The number of rotatable bonds is 7. The van der Waals surface area contributed by atoms with E-state index in [-0.39, 0.29) is 23.3 Å². The van der Waals surface area contributed by atoms with Gasteiger partial charge in [-0.2, -0.15) is 0 Å². The number of amides is 1. The maximum atomic E-state index is 13.6. The fraction of sp³-hybridized carbons (Fsp3) is 0.353. The fourth-order valence-electron chi connectivity index (χ4n) is 4.87. The molecular formula is C34H39NO4. The van der Waals surface area contributed by atoms with Crippen LogP contribution in [-0.4, -0.2) is 28.3 Å². The molecule has 0 radical (unpaired) electrons. The van der Waals surface area contributed by atoms with Crippen LogP contribution in [0.1, 0.15) is 74.0 Å². The summed E-state index contributed by atoms with van der Waals surface area (Å²) in [5, 5.41) is 11.7. The predicted octanol–water partition coefficient (Wildman–Crippen LogP) is 7.26. The first kappa shape index (κ1) is 28.2. The molecule has 0 aliphatic carbocycles. The molecule has 5 heteroatoms. The summed E-state index contributed by atoms with van der Waals surface area (Å²) < 4.78 is 5.80. The highest BCUT2D eigenvalue weighted by molar-refractivity contribution is 6.46. The van der Waals surface area contributed by atoms with E-state index in [1.165, 1.54) is 0 Å². The smallest absolute Gasteiger partial charge is 0.295 e. The zero-order valence-electron chi connectivity index (χ0n) is 24.0. The summed E-state index contributed by atoms with van der Waals surface area (Å²) in [4.78, 5) is 28.6. The van der Waals surface area contributed by atoms with Gasteiger partial charge in [-0.3, -0.25) is 9.59 Å². The van der Waals surface area contributed by atoms with Crippen LogP contribution in [0.5, 0.6) is 5.75 Å². The minimum absolute atomic E-state index is 0.122. The summed E-state index contributed by atoms with van der Waals surface area (Å²) in [7, 11) is 0. The molecule has 5 nitrogen and oxygen atoms in total. The zero-order chi connectivity index (χ0) is 28.5. The number of ether oxygens (including phenoxy) is 1. The molecule has 1 amide bonds. The van der Waals surface area contributed by atoms with Crippen molar-refractivity contribution < 1.29 is 19.4 Å². The molecule has 0 spiro atoms. The molecule has 1 saturated heterocycles. The Morgan fingerprint density at radius 3 is 2.28 bits per heavy atom. The average molecular weight is 526 g/mol. The van der Waals surface area contributed by atoms with Gasteiger partial charge in [0.15, 0.2) is 0 Å². The monoisotopic (exact) mass is 525 g/mol. The second-order valence-corrected chi connectivity index (χ2v) is 12.0. The van der Waals surface area contributed by atoms with Crippen molar-refractivity contribution in [3.63, 3.8) is 0 Å². The number of hydrogen-bond acceptors (Lipinski definition) is 4. The summed E-state index contributed by atoms with van der Waals surface area (Å²) in [5.74, 6) is -0.245. The number of carbonyl (C=O) groups excluding carboxylic acids is 2. The second-order valence-electron chi connectivity index (χ2n) is 12.0. The van der Waals surface area contributed by atoms with Crippen molar-refractivity contribution in [1.82, 2.24) is 4.90 Å². The van der Waals surface area contributed by atoms with E-state index in [1.807, 2.05) is 80.6 Å². The number of ketones is 1. The highest BCUT2D eigenvalue weighted by atomic mass is 16.5. The molecule has 1 N–H and O–H groups in total. The Kier molecular flexibility index (Phi) is 8.01. The highest BCUT2D eigenvalue weighted by Crippen LogP contribution is 2.41. The van der Waals surface area contributed by atoms with Crippen molar-refractivity contribution in [2.75, 3.05) is 6.61 Å². The molecule has 0 saturated carbocycles. The van der Waals surface area contributed by atoms with E-state index >= 15 is 0 Å². The van der Waals surface area contributed by atoms with Crippen LogP contribution in [0.15, 0.2) is 72.3 Å². The fourth-order valence-corrected chi connectivity index (χ4v) is 4.87. The van der Waals surface area contributed by atoms with Gasteiger partial charge in [0.2, 0.25) is 0 Å². The number of aliphatic hydroxyl groups excluding tert-OH is 1. The first-order chi connectivity index (χ1) is 18.4. The van der Waals surface area contributed by atoms with E-state index in [4.69, 9.17) is 4.74 Å². The third-order valence-corrected chi connectivity index (χ3v) is 7.12. The molecule has 1 fully saturated rings. The molecule has 1 aliphatic heterocycles. The topological polar surface area (TPSA) is 66.8 Å². The van der Waals surface area contributed by atoms with Crippen LogP contribution in [0.25, 0.3) is 5.76 Å². The van der Waals surface area contributed by atoms with Gasteiger partial charge in [0.1, 0.15) is 11.5 Å². The van der Waals surface area contributed by atoms with E-state index in [2.05, 4.69) is 34.6 Å². The molecule has 0 aromatic heterocycles. The van der Waals surface area contributed by atoms with Crippen LogP contribution < -0.4 is 4.74 Å². The van der Waals surface area contributed by atoms with Crippen molar-refractivity contribution in [2.45, 2.75) is 66.5 Å². The lowest BCUT2D eigenvalue weighted by molar-refractivity contribution is -0.140. The summed E-state index contributed by atoms with van der Waals surface area (Å²) >= 11 is 0. The van der Waals surface area contributed by atoms with Crippen molar-refractivity contribution in [3.05, 3.63) is 106 Å². The number of Topliss-reactive ketones (excluding diaryl/α,β-unsaturated/α-hetero) is 1. The van der Waals surface area contributed by atoms with Crippen molar-refractivity contribution in [1.29, 1.82) is 0 Å². The Hall–Kier alpha value is -3.86. The number of benzene rings is 3. The van der Waals surface area contributed by atoms with Crippen LogP contribution in [0.2, 0.25) is 0 Å². The number of carbonyl (C=O) groups is 2. The Balaban J connectivity index is 1.80. The molecule has 39 heavy (non-hydrogen) atoms. The lowest BCUT2D eigenvalue weighted by atomic mass is 9.84. The van der Waals surface area contributed by atoms with Crippen LogP contribution in [-0.2, 0) is 21.5 Å². The Bertz CT molecular complexity index is 1410. The number of hydrogen-bond donors (Lipinski definition) is 1. The molecule has 1 unspecified atom stereocenters. The van der Waals surface area contributed by atoms with E-state index in [9.17, 15) is 14.7 Å². The maximum absolute atomic E-state index is 13.6. The minimum Gasteiger partial charge on any atom is -0.507 e. The third-order valence-electron chi connectivity index (χ3n) is 7.12. The van der Waals surface area contributed by atoms with Crippen molar-refractivity contribution >= 4 is 17.4 Å².